The van der Waals surface area contributed by atoms with Crippen molar-refractivity contribution in [3.63, 3.8) is 0 Å². The van der Waals surface area contributed by atoms with Gasteiger partial charge in [0.15, 0.2) is 10.3 Å². The van der Waals surface area contributed by atoms with E-state index >= 15 is 0 Å². The molecule has 13 N–H and O–H groups in total. The second-order valence-electron chi connectivity index (χ2n) is 27.6. The maximum atomic E-state index is 13.3. The van der Waals surface area contributed by atoms with Gasteiger partial charge in [0.2, 0.25) is 35.4 Å². The molecule has 36 heteroatoms. The minimum Gasteiger partial charge on any atom is -0.731 e. The Bertz CT molecular complexity index is 5120. The van der Waals surface area contributed by atoms with Crippen LogP contribution in [0.2, 0.25) is 0 Å². The average Bonchev–Trinajstić information content (AvgIpc) is 1.80. The zero-order valence-electron chi connectivity index (χ0n) is 67.9. The van der Waals surface area contributed by atoms with Gasteiger partial charge in [-0.05, 0) is 102 Å². The third-order valence-corrected chi connectivity index (χ3v) is 22.8. The summed E-state index contributed by atoms with van der Waals surface area (Å²) in [6.45, 7) is 12.2. The van der Waals surface area contributed by atoms with Crippen molar-refractivity contribution in [3.05, 3.63) is 322 Å². The quantitative estimate of drug-likeness (QED) is 0.0100. The van der Waals surface area contributed by atoms with E-state index in [-0.39, 0.29) is 70.4 Å². The molecule has 0 fully saturated rings. The number of nitro benzene ring substituents is 3. The largest absolute Gasteiger partial charge is 0.731 e. The number of carbonyl (C=O) groups is 6. The fourth-order valence-corrected chi connectivity index (χ4v) is 16.3. The van der Waals surface area contributed by atoms with E-state index < -0.39 is 61.3 Å². The summed E-state index contributed by atoms with van der Waals surface area (Å²) in [7, 11) is -4.62. The number of amides is 6. The molecule has 121 heavy (non-hydrogen) atoms. The van der Waals surface area contributed by atoms with E-state index in [1.54, 1.807) is 59.9 Å². The summed E-state index contributed by atoms with van der Waals surface area (Å²) in [6, 6.07) is 50.0. The molecule has 0 unspecified atom stereocenters. The van der Waals surface area contributed by atoms with Crippen molar-refractivity contribution in [2.75, 3.05) is 4.72 Å². The zero-order valence-corrected chi connectivity index (χ0v) is 72.0. The van der Waals surface area contributed by atoms with E-state index in [0.29, 0.717) is 44.9 Å². The number of nitro groups is 3. The minimum absolute atomic E-state index is 0. The van der Waals surface area contributed by atoms with E-state index in [0.717, 1.165) is 107 Å². The van der Waals surface area contributed by atoms with Gasteiger partial charge in [-0.1, -0.05) is 167 Å². The van der Waals surface area contributed by atoms with Gasteiger partial charge in [-0.25, -0.2) is 28.4 Å². The minimum atomic E-state index is -4.62. The van der Waals surface area contributed by atoms with Gasteiger partial charge in [0, 0.05) is 104 Å². The fourth-order valence-electron chi connectivity index (χ4n) is 12.1. The standard InChI is InChI=1S/C24H28N4O5S2.2C24H26N4O4S.C13H15N3O2S.H3N/c1-3-19-15-34-24(26-19)22(14-18-9-11-20(12-10-18)28-35(31,32)33)27-23(30)21(25-16(2)29)13-17-7-5-4-6-8-17;2*1-3-19-15-33-24(26-19)22(14-18-9-11-20(12-10-18)28(31)32)27-23(30)21(25-16(2)29)13-17-7-5-4-6-8-17;1-2-10-8-19-13(15-10)12(14)7-9-3-5-11(6-4-9)16(17)18;/h4-12,15,21-22,28H,3,13-14H2,1-2H3,(H,25,29)(H,27,30)(H,31,32,33);2*4-12,15,21-22H,3,13-14H2,1-2H3,(H,25,29)(H,27,30);3-6,8,12H,2,7,14H2,1H3;1H3/t3*21-,22-;12-;/m0000./s1. The number of carbonyl (C=O) groups excluding carboxylic acids is 6. The number of rotatable bonds is 36. The Kier molecular flexibility index (Phi) is 38.1. The van der Waals surface area contributed by atoms with Crippen LogP contribution in [0.25, 0.3) is 0 Å². The fraction of sp³-hybridized carbons (Fsp3) is 0.294. The lowest BCUT2D eigenvalue weighted by Crippen LogP contribution is -2.48. The molecule has 6 amide bonds. The van der Waals surface area contributed by atoms with Crippen molar-refractivity contribution < 1.29 is 56.5 Å². The summed E-state index contributed by atoms with van der Waals surface area (Å²) in [5, 5.41) is 60.8. The third kappa shape index (κ3) is 32.4. The molecule has 0 spiro atoms. The molecule has 7 atom stereocenters. The number of aryl methyl sites for hydroxylation is 4. The van der Waals surface area contributed by atoms with Crippen molar-refractivity contribution in [1.82, 2.24) is 58.0 Å². The van der Waals surface area contributed by atoms with Crippen LogP contribution in [0.4, 0.5) is 22.7 Å². The van der Waals surface area contributed by atoms with Crippen molar-refractivity contribution in [3.8, 4) is 0 Å². The van der Waals surface area contributed by atoms with Crippen molar-refractivity contribution in [2.45, 2.75) is 161 Å². The van der Waals surface area contributed by atoms with E-state index in [1.165, 1.54) is 103 Å². The molecule has 31 nitrogen and oxygen atoms in total. The molecular formula is C85H98N16O15S5. The molecule has 11 aromatic rings. The first-order valence-electron chi connectivity index (χ1n) is 38.3. The van der Waals surface area contributed by atoms with Crippen LogP contribution < -0.4 is 48.5 Å². The highest BCUT2D eigenvalue weighted by atomic mass is 32.2. The van der Waals surface area contributed by atoms with Crippen molar-refractivity contribution >= 4 is 114 Å². The number of nitrogens with two attached hydrogens (primary N) is 1. The predicted octanol–water partition coefficient (Wildman–Crippen LogP) is 13.5. The normalized spacial score (nSPS) is 12.5. The van der Waals surface area contributed by atoms with Gasteiger partial charge >= 0.3 is 0 Å². The van der Waals surface area contributed by atoms with Crippen LogP contribution in [0, 0.1) is 30.3 Å². The SMILES string of the molecule is CCc1csc([C@@H](N)Cc2ccc([N+](=O)[O-])cc2)n1.CCc1csc([C@H](Cc2ccc(NS(=O)(=O)[O-])cc2)NC(=O)[C@H](Cc2ccccc2)NC(C)=O)n1.CCc1csc([C@H](Cc2ccc([N+](=O)[O-])cc2)NC(=O)[C@H](Cc2ccccc2)NC(C)=O)n1.CCc1csc([C@H](Cc2ccc([N+](=O)[O-])cc2)NC(=O)[C@H](Cc2ccccc2)NC(C)=O)n1.[NH4+]. The lowest BCUT2D eigenvalue weighted by Gasteiger charge is -2.22. The second kappa shape index (κ2) is 48.1. The third-order valence-electron chi connectivity index (χ3n) is 18.2. The van der Waals surface area contributed by atoms with Crippen molar-refractivity contribution in [1.29, 1.82) is 0 Å². The van der Waals surface area contributed by atoms with Crippen LogP contribution in [0.5, 0.6) is 0 Å². The number of anilines is 1. The summed E-state index contributed by atoms with van der Waals surface area (Å²) >= 11 is 5.92. The predicted molar refractivity (Wildman–Crippen MR) is 469 cm³/mol. The van der Waals surface area contributed by atoms with Crippen LogP contribution in [0.1, 0.15) is 154 Å². The Balaban J connectivity index is 0.000000226. The molecule has 0 aliphatic rings. The summed E-state index contributed by atoms with van der Waals surface area (Å²) in [5.41, 5.74) is 16.4. The van der Waals surface area contributed by atoms with Crippen LogP contribution in [0.15, 0.2) is 210 Å². The first-order chi connectivity index (χ1) is 57.4. The number of hydrogen-bond acceptors (Lipinski definition) is 24. The maximum Gasteiger partial charge on any atom is 0.269 e. The molecule has 0 saturated carbocycles. The zero-order chi connectivity index (χ0) is 86.8. The number of quaternary nitrogens is 1. The number of non-ortho nitro benzene ring substituents is 3. The smallest absolute Gasteiger partial charge is 0.269 e. The number of benzene rings is 7. The molecule has 7 aromatic carbocycles. The van der Waals surface area contributed by atoms with Gasteiger partial charge in [0.05, 0.1) is 61.7 Å². The van der Waals surface area contributed by atoms with Crippen LogP contribution >= 0.6 is 45.3 Å². The number of thiazole rings is 4. The first-order valence-corrected chi connectivity index (χ1v) is 43.3. The molecule has 0 bridgehead atoms. The van der Waals surface area contributed by atoms with E-state index in [4.69, 9.17) is 5.73 Å². The summed E-state index contributed by atoms with van der Waals surface area (Å²) < 4.78 is 34.7. The second-order valence-corrected chi connectivity index (χ2v) is 32.3. The number of nitrogens with one attached hydrogen (secondary N) is 7. The first kappa shape index (κ1) is 95.8. The monoisotopic (exact) mass is 1740 g/mol. The van der Waals surface area contributed by atoms with Gasteiger partial charge < -0.3 is 48.3 Å². The van der Waals surface area contributed by atoms with Crippen LogP contribution in [0.3, 0.4) is 0 Å². The van der Waals surface area contributed by atoms with Crippen LogP contribution in [-0.2, 0) is 110 Å². The molecule has 0 saturated heterocycles. The Morgan fingerprint density at radius 1 is 0.364 bits per heavy atom. The molecule has 0 radical (unpaired) electrons. The average molecular weight is 1740 g/mol. The highest BCUT2D eigenvalue weighted by molar-refractivity contribution is 7.87. The number of hydrogen-bond donors (Lipinski definition) is 9. The Morgan fingerprint density at radius 2 is 0.603 bits per heavy atom. The molecule has 4 heterocycles. The molecule has 0 aliphatic heterocycles. The molecule has 0 aliphatic carbocycles. The summed E-state index contributed by atoms with van der Waals surface area (Å²) in [6.07, 6.45) is 6.10. The summed E-state index contributed by atoms with van der Waals surface area (Å²) in [4.78, 5) is 125. The lowest BCUT2D eigenvalue weighted by atomic mass is 10.0. The summed E-state index contributed by atoms with van der Waals surface area (Å²) in [5.74, 6) is -1.85. The highest BCUT2D eigenvalue weighted by Gasteiger charge is 2.30. The van der Waals surface area contributed by atoms with E-state index in [2.05, 4.69) is 58.8 Å². The highest BCUT2D eigenvalue weighted by Crippen LogP contribution is 2.30. The molecule has 11 rings (SSSR count). The number of nitrogens with zero attached hydrogens (tertiary/aromatic N) is 7. The Morgan fingerprint density at radius 3 is 0.843 bits per heavy atom. The maximum absolute atomic E-state index is 13.3. The van der Waals surface area contributed by atoms with Gasteiger partial charge in [-0.2, -0.15) is 0 Å². The van der Waals surface area contributed by atoms with Gasteiger partial charge in [0.1, 0.15) is 38.2 Å². The number of aromatic nitrogens is 4. The van der Waals surface area contributed by atoms with E-state index in [1.807, 2.05) is 138 Å². The van der Waals surface area contributed by atoms with Gasteiger partial charge in [0.25, 0.3) is 17.1 Å². The Hall–Kier alpha value is -12.3. The Labute approximate surface area is 717 Å². The van der Waals surface area contributed by atoms with Gasteiger partial charge in [-0.15, -0.1) is 45.3 Å². The molecular weight excluding hydrogens is 1650 g/mol. The van der Waals surface area contributed by atoms with E-state index in [9.17, 15) is 72.1 Å². The molecule has 638 valence electrons. The lowest BCUT2D eigenvalue weighted by molar-refractivity contribution is -0.385. The van der Waals surface area contributed by atoms with Crippen LogP contribution in [-0.4, -0.2) is 101 Å². The van der Waals surface area contributed by atoms with Gasteiger partial charge in [-0.3, -0.25) is 63.8 Å². The molecule has 4 aromatic heterocycles. The topological polar surface area (TPSA) is 487 Å². The van der Waals surface area contributed by atoms with Crippen molar-refractivity contribution in [2.24, 2.45) is 5.73 Å².